The van der Waals surface area contributed by atoms with Crippen LogP contribution in [0.5, 0.6) is 0 Å². The topological polar surface area (TPSA) is 87.0 Å². The average Bonchev–Trinajstić information content (AvgIpc) is 2.75. The molecule has 0 saturated carbocycles. The zero-order chi connectivity index (χ0) is 13.8. The number of aromatic amines is 2. The molecule has 1 unspecified atom stereocenters. The lowest BCUT2D eigenvalue weighted by atomic mass is 10.1. The van der Waals surface area contributed by atoms with E-state index in [-0.39, 0.29) is 24.2 Å². The summed E-state index contributed by atoms with van der Waals surface area (Å²) in [7, 11) is 0. The fourth-order valence-corrected chi connectivity index (χ4v) is 1.88. The molecule has 1 aromatic carbocycles. The van der Waals surface area contributed by atoms with Gasteiger partial charge in [0.05, 0.1) is 17.1 Å². The van der Waals surface area contributed by atoms with E-state index in [0.29, 0.717) is 6.61 Å². The molecule has 0 saturated heterocycles. The van der Waals surface area contributed by atoms with E-state index in [9.17, 15) is 9.59 Å². The Kier molecular flexibility index (Phi) is 4.01. The molecule has 3 N–H and O–H groups in total. The summed E-state index contributed by atoms with van der Waals surface area (Å²) in [6, 6.07) is 5.39. The molecule has 0 fully saturated rings. The summed E-state index contributed by atoms with van der Waals surface area (Å²) < 4.78 is 5.04. The third kappa shape index (κ3) is 3.23. The van der Waals surface area contributed by atoms with Gasteiger partial charge in [-0.15, -0.1) is 0 Å². The minimum absolute atomic E-state index is 0.0596. The number of rotatable bonds is 5. The van der Waals surface area contributed by atoms with Gasteiger partial charge in [0.15, 0.2) is 0 Å². The zero-order valence-corrected chi connectivity index (χ0v) is 10.9. The number of carbonyl (C=O) groups excluding carboxylic acids is 1. The minimum atomic E-state index is -0.236. The van der Waals surface area contributed by atoms with Crippen LogP contribution < -0.4 is 11.0 Å². The Morgan fingerprint density at radius 2 is 2.11 bits per heavy atom. The molecule has 0 aliphatic heterocycles. The average molecular weight is 263 g/mol. The summed E-state index contributed by atoms with van der Waals surface area (Å²) in [4.78, 5) is 28.1. The summed E-state index contributed by atoms with van der Waals surface area (Å²) in [5.74, 6) is -0.156. The van der Waals surface area contributed by atoms with Gasteiger partial charge >= 0.3 is 5.69 Å². The Morgan fingerprint density at radius 1 is 1.37 bits per heavy atom. The van der Waals surface area contributed by atoms with E-state index in [1.807, 2.05) is 32.0 Å². The van der Waals surface area contributed by atoms with Crippen molar-refractivity contribution in [3.63, 3.8) is 0 Å². The number of imidazole rings is 1. The predicted octanol–water partition coefficient (Wildman–Crippen LogP) is 1.07. The van der Waals surface area contributed by atoms with Gasteiger partial charge in [0.25, 0.3) is 0 Å². The van der Waals surface area contributed by atoms with Gasteiger partial charge in [-0.3, -0.25) is 4.79 Å². The molecule has 6 heteroatoms. The van der Waals surface area contributed by atoms with E-state index in [4.69, 9.17) is 4.74 Å². The number of H-pyrrole nitrogens is 2. The summed E-state index contributed by atoms with van der Waals surface area (Å²) in [5, 5.41) is 2.84. The number of amides is 1. The van der Waals surface area contributed by atoms with Crippen molar-refractivity contribution in [1.29, 1.82) is 0 Å². The normalized spacial score (nSPS) is 12.5. The van der Waals surface area contributed by atoms with Crippen molar-refractivity contribution in [2.45, 2.75) is 19.9 Å². The number of nitrogens with one attached hydrogen (secondary N) is 3. The van der Waals surface area contributed by atoms with Gasteiger partial charge in [-0.05, 0) is 31.5 Å². The molecule has 6 nitrogen and oxygen atoms in total. The van der Waals surface area contributed by atoms with Crippen molar-refractivity contribution in [2.75, 3.05) is 13.2 Å². The molecule has 2 rings (SSSR count). The molecule has 1 amide bonds. The first-order valence-electron chi connectivity index (χ1n) is 6.19. The molecular weight excluding hydrogens is 246 g/mol. The first kappa shape index (κ1) is 13.4. The number of carbonyl (C=O) groups is 1. The lowest BCUT2D eigenvalue weighted by Crippen LogP contribution is -2.30. The third-order valence-corrected chi connectivity index (χ3v) is 2.85. The molecule has 0 radical (unpaired) electrons. The largest absolute Gasteiger partial charge is 0.372 e. The minimum Gasteiger partial charge on any atom is -0.372 e. The lowest BCUT2D eigenvalue weighted by molar-refractivity contribution is -0.126. The number of benzene rings is 1. The quantitative estimate of drug-likeness (QED) is 0.754. The first-order chi connectivity index (χ1) is 9.10. The van der Waals surface area contributed by atoms with Crippen molar-refractivity contribution in [2.24, 2.45) is 0 Å². The number of aromatic nitrogens is 2. The van der Waals surface area contributed by atoms with E-state index < -0.39 is 0 Å². The number of fused-ring (bicyclic) bond motifs is 1. The fraction of sp³-hybridized carbons (Fsp3) is 0.385. The highest BCUT2D eigenvalue weighted by atomic mass is 16.5. The molecule has 0 spiro atoms. The molecule has 0 aliphatic carbocycles. The second-order valence-corrected chi connectivity index (χ2v) is 4.31. The van der Waals surface area contributed by atoms with E-state index in [1.54, 1.807) is 0 Å². The molecule has 0 bridgehead atoms. The van der Waals surface area contributed by atoms with Gasteiger partial charge in [-0.1, -0.05) is 6.07 Å². The molecule has 102 valence electrons. The molecule has 0 aliphatic rings. The van der Waals surface area contributed by atoms with Crippen LogP contribution in [-0.4, -0.2) is 29.1 Å². The van der Waals surface area contributed by atoms with Crippen LogP contribution >= 0.6 is 0 Å². The fourth-order valence-electron chi connectivity index (χ4n) is 1.88. The van der Waals surface area contributed by atoms with Gasteiger partial charge in [0.1, 0.15) is 6.61 Å². The van der Waals surface area contributed by atoms with E-state index in [2.05, 4.69) is 15.3 Å². The maximum atomic E-state index is 11.6. The Balaban J connectivity index is 2.10. The van der Waals surface area contributed by atoms with Crippen LogP contribution in [0.2, 0.25) is 0 Å². The Labute approximate surface area is 110 Å². The smallest absolute Gasteiger partial charge is 0.323 e. The van der Waals surface area contributed by atoms with Crippen LogP contribution in [0.1, 0.15) is 25.5 Å². The van der Waals surface area contributed by atoms with Crippen LogP contribution in [0.3, 0.4) is 0 Å². The van der Waals surface area contributed by atoms with Crippen LogP contribution in [0.15, 0.2) is 23.0 Å². The second-order valence-electron chi connectivity index (χ2n) is 4.31. The zero-order valence-electron chi connectivity index (χ0n) is 10.9. The highest BCUT2D eigenvalue weighted by molar-refractivity contribution is 5.78. The lowest BCUT2D eigenvalue weighted by Gasteiger charge is -2.14. The summed E-state index contributed by atoms with van der Waals surface area (Å²) in [6.45, 7) is 4.30. The van der Waals surface area contributed by atoms with Crippen LogP contribution in [-0.2, 0) is 9.53 Å². The van der Waals surface area contributed by atoms with Crippen molar-refractivity contribution in [1.82, 2.24) is 15.3 Å². The van der Waals surface area contributed by atoms with Crippen molar-refractivity contribution in [3.05, 3.63) is 34.2 Å². The van der Waals surface area contributed by atoms with E-state index in [1.165, 1.54) is 0 Å². The predicted molar refractivity (Wildman–Crippen MR) is 72.0 cm³/mol. The maximum absolute atomic E-state index is 11.6. The van der Waals surface area contributed by atoms with Gasteiger partial charge in [-0.25, -0.2) is 4.79 Å². The first-order valence-corrected chi connectivity index (χ1v) is 6.19. The molecule has 1 atom stereocenters. The van der Waals surface area contributed by atoms with E-state index in [0.717, 1.165) is 16.6 Å². The maximum Gasteiger partial charge on any atom is 0.323 e. The molecule has 1 heterocycles. The van der Waals surface area contributed by atoms with Gasteiger partial charge in [-0.2, -0.15) is 0 Å². The van der Waals surface area contributed by atoms with E-state index >= 15 is 0 Å². The van der Waals surface area contributed by atoms with Crippen LogP contribution in [0.25, 0.3) is 11.0 Å². The van der Waals surface area contributed by atoms with Gasteiger partial charge < -0.3 is 20.0 Å². The Hall–Kier alpha value is -2.08. The third-order valence-electron chi connectivity index (χ3n) is 2.85. The Bertz CT molecular complexity index is 629. The van der Waals surface area contributed by atoms with Crippen molar-refractivity contribution in [3.8, 4) is 0 Å². The summed E-state index contributed by atoms with van der Waals surface area (Å²) in [6.07, 6.45) is 0. The second kappa shape index (κ2) is 5.71. The van der Waals surface area contributed by atoms with Gasteiger partial charge in [0.2, 0.25) is 5.91 Å². The SMILES string of the molecule is CCOCC(=O)NC(C)c1ccc2[nH]c(=O)[nH]c2c1. The van der Waals surface area contributed by atoms with Crippen molar-refractivity contribution < 1.29 is 9.53 Å². The number of hydrogen-bond acceptors (Lipinski definition) is 3. The number of hydrogen-bond donors (Lipinski definition) is 3. The standard InChI is InChI=1S/C13H17N3O3/c1-3-19-7-12(17)14-8(2)9-4-5-10-11(6-9)16-13(18)15-10/h4-6,8H,3,7H2,1-2H3,(H,14,17)(H2,15,16,18). The highest BCUT2D eigenvalue weighted by Gasteiger charge is 2.10. The van der Waals surface area contributed by atoms with Crippen molar-refractivity contribution >= 4 is 16.9 Å². The molecular formula is C13H17N3O3. The molecule has 19 heavy (non-hydrogen) atoms. The highest BCUT2D eigenvalue weighted by Crippen LogP contribution is 2.16. The number of ether oxygens (including phenoxy) is 1. The summed E-state index contributed by atoms with van der Waals surface area (Å²) >= 11 is 0. The van der Waals surface area contributed by atoms with Gasteiger partial charge in [0, 0.05) is 6.61 Å². The summed E-state index contributed by atoms with van der Waals surface area (Å²) in [5.41, 5.74) is 2.17. The van der Waals surface area contributed by atoms with Crippen LogP contribution in [0, 0.1) is 0 Å². The molecule has 1 aromatic heterocycles. The monoisotopic (exact) mass is 263 g/mol. The van der Waals surface area contributed by atoms with Crippen LogP contribution in [0.4, 0.5) is 0 Å². The Morgan fingerprint density at radius 3 is 2.84 bits per heavy atom. The molecule has 2 aromatic rings.